The molecule has 1 N–H and O–H groups in total. The van der Waals surface area contributed by atoms with Gasteiger partial charge in [-0.15, -0.1) is 0 Å². The third kappa shape index (κ3) is 4.16. The molecule has 1 aromatic rings. The smallest absolute Gasteiger partial charge is 0.227 e. The Morgan fingerprint density at radius 2 is 2.00 bits per heavy atom. The first-order chi connectivity index (χ1) is 11.3. The molecule has 1 saturated heterocycles. The van der Waals surface area contributed by atoms with E-state index in [4.69, 9.17) is 4.52 Å². The van der Waals surface area contributed by atoms with E-state index in [2.05, 4.69) is 10.5 Å². The van der Waals surface area contributed by atoms with Gasteiger partial charge in [0.05, 0.1) is 17.4 Å². The van der Waals surface area contributed by atoms with Crippen molar-refractivity contribution in [3.63, 3.8) is 0 Å². The summed E-state index contributed by atoms with van der Waals surface area (Å²) >= 11 is 0. The summed E-state index contributed by atoms with van der Waals surface area (Å²) in [7, 11) is -3.15. The molecule has 2 rings (SSSR count). The Morgan fingerprint density at radius 3 is 2.50 bits per heavy atom. The molecule has 1 fully saturated rings. The maximum atomic E-state index is 12.5. The molecule has 0 aromatic carbocycles. The number of aromatic nitrogens is 1. The van der Waals surface area contributed by atoms with Crippen molar-refractivity contribution >= 4 is 15.9 Å². The van der Waals surface area contributed by atoms with Gasteiger partial charge in [0.25, 0.3) is 0 Å². The van der Waals surface area contributed by atoms with E-state index in [-0.39, 0.29) is 23.6 Å². The van der Waals surface area contributed by atoms with Crippen LogP contribution in [0.5, 0.6) is 0 Å². The number of hydrogen-bond donors (Lipinski definition) is 1. The summed E-state index contributed by atoms with van der Waals surface area (Å²) in [6.07, 6.45) is 1.90. The predicted molar refractivity (Wildman–Crippen MR) is 91.2 cm³/mol. The zero-order valence-corrected chi connectivity index (χ0v) is 15.6. The van der Waals surface area contributed by atoms with Crippen LogP contribution in [-0.4, -0.2) is 48.7 Å². The van der Waals surface area contributed by atoms with Crippen LogP contribution in [0.1, 0.15) is 56.0 Å². The van der Waals surface area contributed by atoms with E-state index >= 15 is 0 Å². The van der Waals surface area contributed by atoms with Crippen LogP contribution in [0, 0.1) is 13.8 Å². The SMILES string of the molecule is CCCS(=O)(=O)N1CCC(NC(=O)C(C)c2c(C)noc2C)CC1. The molecule has 1 atom stereocenters. The van der Waals surface area contributed by atoms with Crippen molar-refractivity contribution in [3.8, 4) is 0 Å². The van der Waals surface area contributed by atoms with Gasteiger partial charge in [0.1, 0.15) is 5.76 Å². The first kappa shape index (κ1) is 18.9. The Kier molecular flexibility index (Phi) is 6.03. The van der Waals surface area contributed by atoms with Gasteiger partial charge in [-0.3, -0.25) is 4.79 Å². The van der Waals surface area contributed by atoms with Crippen LogP contribution < -0.4 is 5.32 Å². The van der Waals surface area contributed by atoms with Crippen LogP contribution in [0.25, 0.3) is 0 Å². The largest absolute Gasteiger partial charge is 0.361 e. The van der Waals surface area contributed by atoms with Gasteiger partial charge in [0.15, 0.2) is 0 Å². The molecule has 0 spiro atoms. The topological polar surface area (TPSA) is 92.5 Å². The third-order valence-electron chi connectivity index (χ3n) is 4.57. The fourth-order valence-electron chi connectivity index (χ4n) is 3.23. The molecule has 1 aromatic heterocycles. The van der Waals surface area contributed by atoms with Crippen molar-refractivity contribution < 1.29 is 17.7 Å². The van der Waals surface area contributed by atoms with E-state index in [1.165, 1.54) is 4.31 Å². The van der Waals surface area contributed by atoms with Crippen LogP contribution >= 0.6 is 0 Å². The van der Waals surface area contributed by atoms with E-state index in [1.807, 2.05) is 20.8 Å². The number of amides is 1. The maximum Gasteiger partial charge on any atom is 0.227 e. The Hall–Kier alpha value is -1.41. The number of nitrogens with one attached hydrogen (secondary N) is 1. The first-order valence-corrected chi connectivity index (χ1v) is 10.1. The van der Waals surface area contributed by atoms with Crippen LogP contribution in [0.15, 0.2) is 4.52 Å². The van der Waals surface area contributed by atoms with Crippen molar-refractivity contribution in [1.29, 1.82) is 0 Å². The quantitative estimate of drug-likeness (QED) is 0.837. The summed E-state index contributed by atoms with van der Waals surface area (Å²) in [4.78, 5) is 12.5. The second kappa shape index (κ2) is 7.65. The molecule has 8 heteroatoms. The van der Waals surface area contributed by atoms with Gasteiger partial charge in [-0.25, -0.2) is 12.7 Å². The number of piperidine rings is 1. The van der Waals surface area contributed by atoms with Gasteiger partial charge in [-0.1, -0.05) is 12.1 Å². The summed E-state index contributed by atoms with van der Waals surface area (Å²) in [6.45, 7) is 8.26. The Labute approximate surface area is 143 Å². The molecule has 136 valence electrons. The maximum absolute atomic E-state index is 12.5. The average Bonchev–Trinajstić information content (AvgIpc) is 2.86. The number of hydrogen-bond acceptors (Lipinski definition) is 5. The number of aryl methyl sites for hydroxylation is 2. The minimum Gasteiger partial charge on any atom is -0.361 e. The van der Waals surface area contributed by atoms with Gasteiger partial charge in [-0.2, -0.15) is 0 Å². The lowest BCUT2D eigenvalue weighted by Crippen LogP contribution is -2.47. The molecule has 1 amide bonds. The van der Waals surface area contributed by atoms with Crippen LogP contribution in [-0.2, 0) is 14.8 Å². The fraction of sp³-hybridized carbons (Fsp3) is 0.750. The molecule has 1 aliphatic rings. The van der Waals surface area contributed by atoms with E-state index < -0.39 is 10.0 Å². The molecule has 24 heavy (non-hydrogen) atoms. The van der Waals surface area contributed by atoms with Crippen molar-refractivity contribution in [2.75, 3.05) is 18.8 Å². The van der Waals surface area contributed by atoms with Crippen molar-refractivity contribution in [2.24, 2.45) is 0 Å². The number of rotatable bonds is 6. The summed E-state index contributed by atoms with van der Waals surface area (Å²) in [5, 5.41) is 6.93. The van der Waals surface area contributed by atoms with Crippen LogP contribution in [0.4, 0.5) is 0 Å². The van der Waals surface area contributed by atoms with Gasteiger partial charge in [0.2, 0.25) is 15.9 Å². The van der Waals surface area contributed by atoms with E-state index in [0.717, 1.165) is 11.3 Å². The van der Waals surface area contributed by atoms with Crippen LogP contribution in [0.3, 0.4) is 0 Å². The second-order valence-electron chi connectivity index (χ2n) is 6.46. The minimum atomic E-state index is -3.15. The monoisotopic (exact) mass is 357 g/mol. The molecule has 7 nitrogen and oxygen atoms in total. The molecule has 1 aliphatic heterocycles. The van der Waals surface area contributed by atoms with Crippen molar-refractivity contribution in [3.05, 3.63) is 17.0 Å². The first-order valence-electron chi connectivity index (χ1n) is 8.47. The number of carbonyl (C=O) groups is 1. The highest BCUT2D eigenvalue weighted by atomic mass is 32.2. The van der Waals surface area contributed by atoms with Gasteiger partial charge in [0, 0.05) is 24.7 Å². The average molecular weight is 357 g/mol. The summed E-state index contributed by atoms with van der Waals surface area (Å²) in [5.41, 5.74) is 1.56. The molecule has 0 radical (unpaired) electrons. The third-order valence-corrected chi connectivity index (χ3v) is 6.65. The van der Waals surface area contributed by atoms with E-state index in [1.54, 1.807) is 6.92 Å². The summed E-state index contributed by atoms with van der Waals surface area (Å²) in [6, 6.07) is 0.00787. The lowest BCUT2D eigenvalue weighted by Gasteiger charge is -2.32. The van der Waals surface area contributed by atoms with Gasteiger partial charge < -0.3 is 9.84 Å². The molecule has 0 saturated carbocycles. The zero-order valence-electron chi connectivity index (χ0n) is 14.8. The standard InChI is InChI=1S/C16H27N3O4S/c1-5-10-24(21,22)19-8-6-14(7-9-19)17-16(20)11(2)15-12(3)18-23-13(15)4/h11,14H,5-10H2,1-4H3,(H,17,20). The summed E-state index contributed by atoms with van der Waals surface area (Å²) < 4.78 is 30.8. The van der Waals surface area contributed by atoms with Crippen molar-refractivity contribution in [1.82, 2.24) is 14.8 Å². The molecule has 0 aliphatic carbocycles. The normalized spacial score (nSPS) is 18.5. The lowest BCUT2D eigenvalue weighted by atomic mass is 9.97. The van der Waals surface area contributed by atoms with Crippen molar-refractivity contribution in [2.45, 2.75) is 58.9 Å². The molecular weight excluding hydrogens is 330 g/mol. The summed E-state index contributed by atoms with van der Waals surface area (Å²) in [5.74, 6) is 0.445. The van der Waals surface area contributed by atoms with Crippen LogP contribution in [0.2, 0.25) is 0 Å². The van der Waals surface area contributed by atoms with Gasteiger partial charge >= 0.3 is 0 Å². The molecule has 0 bridgehead atoms. The fourth-order valence-corrected chi connectivity index (χ4v) is 4.77. The minimum absolute atomic E-state index is 0.00787. The molecular formula is C16H27N3O4S. The van der Waals surface area contributed by atoms with Gasteiger partial charge in [-0.05, 0) is 40.0 Å². The number of carbonyl (C=O) groups excluding carboxylic acids is 1. The Balaban J connectivity index is 1.91. The highest BCUT2D eigenvalue weighted by Gasteiger charge is 2.30. The van der Waals surface area contributed by atoms with E-state index in [0.29, 0.717) is 38.1 Å². The number of sulfonamides is 1. The molecule has 1 unspecified atom stereocenters. The number of nitrogens with zero attached hydrogens (tertiary/aromatic N) is 2. The highest BCUT2D eigenvalue weighted by molar-refractivity contribution is 7.89. The Bertz CT molecular complexity index is 656. The lowest BCUT2D eigenvalue weighted by molar-refractivity contribution is -0.123. The predicted octanol–water partition coefficient (Wildman–Crippen LogP) is 1.72. The second-order valence-corrected chi connectivity index (χ2v) is 8.55. The Morgan fingerprint density at radius 1 is 1.38 bits per heavy atom. The zero-order chi connectivity index (χ0) is 17.9. The van der Waals surface area contributed by atoms with E-state index in [9.17, 15) is 13.2 Å². The highest BCUT2D eigenvalue weighted by Crippen LogP contribution is 2.24. The molecule has 2 heterocycles.